The van der Waals surface area contributed by atoms with Gasteiger partial charge in [-0.1, -0.05) is 12.1 Å². The van der Waals surface area contributed by atoms with Crippen LogP contribution in [0, 0.1) is 0 Å². The van der Waals surface area contributed by atoms with E-state index in [0.29, 0.717) is 12.2 Å². The Bertz CT molecular complexity index is 595. The summed E-state index contributed by atoms with van der Waals surface area (Å²) in [5, 5.41) is 0. The van der Waals surface area contributed by atoms with E-state index in [0.717, 1.165) is 0 Å². The Morgan fingerprint density at radius 2 is 1.81 bits per heavy atom. The molecule has 2 N–H and O–H groups in total. The summed E-state index contributed by atoms with van der Waals surface area (Å²) < 4.78 is 26.2. The molecule has 1 aromatic carbocycles. The third-order valence-electron chi connectivity index (χ3n) is 2.55. The summed E-state index contributed by atoms with van der Waals surface area (Å²) in [6, 6.07) is 5.58. The van der Waals surface area contributed by atoms with E-state index in [9.17, 15) is 18.0 Å². The highest BCUT2D eigenvalue weighted by Crippen LogP contribution is 2.10. The second kappa shape index (κ2) is 7.87. The number of hydroxylamine groups is 1. The van der Waals surface area contributed by atoms with Crippen LogP contribution in [0.3, 0.4) is 0 Å². The van der Waals surface area contributed by atoms with Gasteiger partial charge in [0.1, 0.15) is 0 Å². The molecule has 0 atom stereocenters. The number of carbonyl (C=O) groups is 2. The van der Waals surface area contributed by atoms with Gasteiger partial charge in [-0.3, -0.25) is 14.4 Å². The normalized spacial score (nSPS) is 11.1. The lowest BCUT2D eigenvalue weighted by atomic mass is 10.2. The van der Waals surface area contributed by atoms with Crippen molar-refractivity contribution in [2.45, 2.75) is 25.2 Å². The average molecular weight is 314 g/mol. The highest BCUT2D eigenvalue weighted by Gasteiger charge is 2.14. The Balaban J connectivity index is 2.57. The Morgan fingerprint density at radius 3 is 2.33 bits per heavy atom. The Kier molecular flexibility index (Phi) is 6.47. The molecular weight excluding hydrogens is 296 g/mol. The van der Waals surface area contributed by atoms with Gasteiger partial charge in [0.25, 0.3) is 0 Å². The monoisotopic (exact) mass is 314 g/mol. The maximum absolute atomic E-state index is 11.9. The first-order valence-electron chi connectivity index (χ1n) is 6.38. The Hall–Kier alpha value is -1.77. The van der Waals surface area contributed by atoms with Crippen molar-refractivity contribution < 1.29 is 22.8 Å². The summed E-state index contributed by atoms with van der Waals surface area (Å²) in [6.45, 7) is 3.40. The fourth-order valence-electron chi connectivity index (χ4n) is 1.45. The molecular formula is C13H18N2O5S. The minimum absolute atomic E-state index is 0.0369. The van der Waals surface area contributed by atoms with Crippen molar-refractivity contribution in [1.29, 1.82) is 0 Å². The first-order valence-corrected chi connectivity index (χ1v) is 7.86. The average Bonchev–Trinajstić information content (AvgIpc) is 2.45. The largest absolute Gasteiger partial charge is 0.295 e. The molecule has 0 aromatic heterocycles. The van der Waals surface area contributed by atoms with Crippen LogP contribution in [-0.4, -0.2) is 33.3 Å². The number of nitrogens with one attached hydrogen (secondary N) is 2. The van der Waals surface area contributed by atoms with Crippen LogP contribution in [0.5, 0.6) is 0 Å². The summed E-state index contributed by atoms with van der Waals surface area (Å²) in [4.78, 5) is 27.1. The van der Waals surface area contributed by atoms with Gasteiger partial charge >= 0.3 is 0 Å². The van der Waals surface area contributed by atoms with Crippen LogP contribution < -0.4 is 10.2 Å². The van der Waals surface area contributed by atoms with Crippen LogP contribution >= 0.6 is 0 Å². The number of benzene rings is 1. The third-order valence-corrected chi connectivity index (χ3v) is 4.02. The number of carbonyl (C=O) groups excluding carboxylic acids is 2. The predicted molar refractivity (Wildman–Crippen MR) is 76.0 cm³/mol. The maximum Gasteiger partial charge on any atom is 0.244 e. The zero-order valence-electron chi connectivity index (χ0n) is 11.9. The molecule has 0 unspecified atom stereocenters. The maximum atomic E-state index is 11.9. The molecule has 1 amide bonds. The van der Waals surface area contributed by atoms with Crippen molar-refractivity contribution in [2.75, 3.05) is 13.2 Å². The molecule has 0 saturated heterocycles. The van der Waals surface area contributed by atoms with Crippen LogP contribution in [0.15, 0.2) is 29.2 Å². The summed E-state index contributed by atoms with van der Waals surface area (Å²) in [7, 11) is -3.70. The standard InChI is InChI=1S/C13H18N2O5S/c1-3-20-15-13(17)8-9-14-21(18,19)12-6-4-11(5-7-12)10(2)16/h4-7,14H,3,8-9H2,1-2H3,(H,15,17). The molecule has 0 aliphatic heterocycles. The topological polar surface area (TPSA) is 102 Å². The van der Waals surface area contributed by atoms with Crippen molar-refractivity contribution >= 4 is 21.7 Å². The van der Waals surface area contributed by atoms with Crippen LogP contribution in [-0.2, 0) is 19.7 Å². The summed E-state index contributed by atoms with van der Waals surface area (Å²) in [5.74, 6) is -0.550. The van der Waals surface area contributed by atoms with E-state index in [1.54, 1.807) is 6.92 Å². The van der Waals surface area contributed by atoms with Crippen LogP contribution in [0.4, 0.5) is 0 Å². The predicted octanol–water partition coefficient (Wildman–Crippen LogP) is 0.625. The van der Waals surface area contributed by atoms with Gasteiger partial charge in [-0.05, 0) is 26.0 Å². The molecule has 0 radical (unpaired) electrons. The van der Waals surface area contributed by atoms with Gasteiger partial charge in [-0.15, -0.1) is 0 Å². The van der Waals surface area contributed by atoms with Crippen molar-refractivity contribution in [2.24, 2.45) is 0 Å². The molecule has 0 aliphatic carbocycles. The third kappa shape index (κ3) is 5.62. The fraction of sp³-hybridized carbons (Fsp3) is 0.385. The number of hydrogen-bond acceptors (Lipinski definition) is 5. The molecule has 0 saturated carbocycles. The Labute approximate surface area is 123 Å². The molecule has 0 fully saturated rings. The van der Waals surface area contributed by atoms with Crippen molar-refractivity contribution in [1.82, 2.24) is 10.2 Å². The highest BCUT2D eigenvalue weighted by molar-refractivity contribution is 7.89. The number of hydrogen-bond donors (Lipinski definition) is 2. The van der Waals surface area contributed by atoms with Crippen molar-refractivity contribution in [3.05, 3.63) is 29.8 Å². The van der Waals surface area contributed by atoms with Gasteiger partial charge in [0.2, 0.25) is 15.9 Å². The molecule has 1 rings (SSSR count). The van der Waals surface area contributed by atoms with Gasteiger partial charge in [-0.2, -0.15) is 0 Å². The zero-order valence-corrected chi connectivity index (χ0v) is 12.7. The SMILES string of the molecule is CCONC(=O)CCNS(=O)(=O)c1ccc(C(C)=O)cc1. The highest BCUT2D eigenvalue weighted by atomic mass is 32.2. The first kappa shape index (κ1) is 17.3. The number of Topliss-reactive ketones (excluding diaryl/α,β-unsaturated/α-hetero) is 1. The van der Waals surface area contributed by atoms with Crippen LogP contribution in [0.2, 0.25) is 0 Å². The van der Waals surface area contributed by atoms with E-state index in [-0.39, 0.29) is 23.6 Å². The molecule has 21 heavy (non-hydrogen) atoms. The number of rotatable bonds is 8. The molecule has 0 bridgehead atoms. The minimum Gasteiger partial charge on any atom is -0.295 e. The number of ketones is 1. The number of sulfonamides is 1. The van der Waals surface area contributed by atoms with E-state index in [2.05, 4.69) is 15.0 Å². The van der Waals surface area contributed by atoms with Gasteiger partial charge in [0, 0.05) is 18.5 Å². The molecule has 1 aromatic rings. The molecule has 8 heteroatoms. The lowest BCUT2D eigenvalue weighted by Crippen LogP contribution is -2.30. The van der Waals surface area contributed by atoms with Crippen LogP contribution in [0.25, 0.3) is 0 Å². The van der Waals surface area contributed by atoms with Crippen LogP contribution in [0.1, 0.15) is 30.6 Å². The number of amides is 1. The lowest BCUT2D eigenvalue weighted by molar-refractivity contribution is -0.132. The van der Waals surface area contributed by atoms with E-state index >= 15 is 0 Å². The smallest absolute Gasteiger partial charge is 0.244 e. The van der Waals surface area contributed by atoms with E-state index in [4.69, 9.17) is 0 Å². The van der Waals surface area contributed by atoms with Crippen molar-refractivity contribution in [3.8, 4) is 0 Å². The van der Waals surface area contributed by atoms with Gasteiger partial charge in [0.05, 0.1) is 11.5 Å². The first-order chi connectivity index (χ1) is 9.86. The molecule has 0 aliphatic rings. The summed E-state index contributed by atoms with van der Waals surface area (Å²) in [5.41, 5.74) is 2.60. The molecule has 116 valence electrons. The second-order valence-corrected chi connectivity index (χ2v) is 5.95. The minimum atomic E-state index is -3.70. The summed E-state index contributed by atoms with van der Waals surface area (Å²) >= 11 is 0. The molecule has 0 spiro atoms. The van der Waals surface area contributed by atoms with E-state index in [1.807, 2.05) is 0 Å². The second-order valence-electron chi connectivity index (χ2n) is 4.19. The quantitative estimate of drug-likeness (QED) is 0.541. The summed E-state index contributed by atoms with van der Waals surface area (Å²) in [6.07, 6.45) is -0.0369. The van der Waals surface area contributed by atoms with Gasteiger partial charge < -0.3 is 0 Å². The lowest BCUT2D eigenvalue weighted by Gasteiger charge is -2.07. The van der Waals surface area contributed by atoms with Gasteiger partial charge in [-0.25, -0.2) is 18.6 Å². The van der Waals surface area contributed by atoms with E-state index in [1.165, 1.54) is 31.2 Å². The zero-order chi connectivity index (χ0) is 15.9. The van der Waals surface area contributed by atoms with Gasteiger partial charge in [0.15, 0.2) is 5.78 Å². The van der Waals surface area contributed by atoms with E-state index < -0.39 is 15.9 Å². The fourth-order valence-corrected chi connectivity index (χ4v) is 2.49. The Morgan fingerprint density at radius 1 is 1.19 bits per heavy atom. The molecule has 7 nitrogen and oxygen atoms in total. The molecule has 0 heterocycles. The van der Waals surface area contributed by atoms with Crippen molar-refractivity contribution in [3.63, 3.8) is 0 Å².